The molecule has 0 fully saturated rings. The van der Waals surface area contributed by atoms with E-state index < -0.39 is 24.2 Å². The highest BCUT2D eigenvalue weighted by atomic mass is 19.4. The smallest absolute Gasteiger partial charge is 0.362 e. The third kappa shape index (κ3) is 2.63. The molecule has 5 nitrogen and oxygen atoms in total. The first kappa shape index (κ1) is 15.4. The number of alkyl halides is 3. The highest BCUT2D eigenvalue weighted by Crippen LogP contribution is 2.41. The summed E-state index contributed by atoms with van der Waals surface area (Å²) in [6, 6.07) is 2.53. The number of amides is 1. The summed E-state index contributed by atoms with van der Waals surface area (Å²) in [4.78, 5) is 15.9. The van der Waals surface area contributed by atoms with Gasteiger partial charge in [-0.1, -0.05) is 13.8 Å². The van der Waals surface area contributed by atoms with Gasteiger partial charge in [0.05, 0.1) is 0 Å². The largest absolute Gasteiger partial charge is 0.438 e. The van der Waals surface area contributed by atoms with E-state index in [1.54, 1.807) is 13.8 Å². The number of carbonyl (C=O) groups excluding carboxylic acids is 1. The van der Waals surface area contributed by atoms with Crippen LogP contribution in [-0.2, 0) is 0 Å². The van der Waals surface area contributed by atoms with Gasteiger partial charge in [-0.3, -0.25) is 9.78 Å². The minimum atomic E-state index is -5.00. The second-order valence-electron chi connectivity index (χ2n) is 5.09. The average Bonchev–Trinajstić information content (AvgIpc) is 2.78. The molecule has 8 heteroatoms. The summed E-state index contributed by atoms with van der Waals surface area (Å²) in [5.74, 6) is -1.33. The van der Waals surface area contributed by atoms with Gasteiger partial charge in [-0.15, -0.1) is 0 Å². The van der Waals surface area contributed by atoms with E-state index in [9.17, 15) is 23.1 Å². The van der Waals surface area contributed by atoms with Gasteiger partial charge >= 0.3 is 6.18 Å². The molecule has 1 atom stereocenters. The predicted molar refractivity (Wildman–Crippen MR) is 68.3 cm³/mol. The minimum absolute atomic E-state index is 0.0265. The molecule has 1 aromatic heterocycles. The molecule has 0 radical (unpaired) electrons. The van der Waals surface area contributed by atoms with Crippen LogP contribution in [0.3, 0.4) is 0 Å². The van der Waals surface area contributed by atoms with Crippen LogP contribution in [0.25, 0.3) is 0 Å². The van der Waals surface area contributed by atoms with Crippen LogP contribution in [0, 0.1) is 5.92 Å². The Bertz CT molecular complexity index is 572. The van der Waals surface area contributed by atoms with Gasteiger partial charge in [0.25, 0.3) is 11.6 Å². The normalized spacial score (nSPS) is 22.6. The molecule has 2 heterocycles. The molecule has 1 aliphatic rings. The lowest BCUT2D eigenvalue weighted by molar-refractivity contribution is -0.297. The maximum Gasteiger partial charge on any atom is 0.438 e. The second kappa shape index (κ2) is 5.10. The van der Waals surface area contributed by atoms with Crippen molar-refractivity contribution in [2.24, 2.45) is 11.0 Å². The van der Waals surface area contributed by atoms with Gasteiger partial charge < -0.3 is 5.11 Å². The molecule has 2 rings (SSSR count). The number of carbonyl (C=O) groups is 1. The van der Waals surface area contributed by atoms with E-state index in [2.05, 4.69) is 10.1 Å². The highest BCUT2D eigenvalue weighted by molar-refractivity contribution is 5.98. The fourth-order valence-corrected chi connectivity index (χ4v) is 1.94. The average molecular weight is 301 g/mol. The first-order valence-corrected chi connectivity index (χ1v) is 6.28. The van der Waals surface area contributed by atoms with Crippen molar-refractivity contribution in [3.05, 3.63) is 30.1 Å². The van der Waals surface area contributed by atoms with Crippen LogP contribution in [-0.4, -0.2) is 38.6 Å². The van der Waals surface area contributed by atoms with E-state index >= 15 is 0 Å². The van der Waals surface area contributed by atoms with Crippen molar-refractivity contribution >= 4 is 11.6 Å². The number of hydrogen-bond donors (Lipinski definition) is 1. The third-order valence-corrected chi connectivity index (χ3v) is 3.25. The maximum atomic E-state index is 13.2. The van der Waals surface area contributed by atoms with Crippen molar-refractivity contribution in [2.75, 3.05) is 0 Å². The van der Waals surface area contributed by atoms with Gasteiger partial charge in [0.15, 0.2) is 0 Å². The first-order chi connectivity index (χ1) is 9.67. The Morgan fingerprint density at radius 2 is 1.95 bits per heavy atom. The van der Waals surface area contributed by atoms with Crippen molar-refractivity contribution in [3.63, 3.8) is 0 Å². The van der Waals surface area contributed by atoms with Crippen LogP contribution < -0.4 is 0 Å². The molecule has 1 N–H and O–H groups in total. The molecule has 0 spiro atoms. The summed E-state index contributed by atoms with van der Waals surface area (Å²) in [7, 11) is 0. The predicted octanol–water partition coefficient (Wildman–Crippen LogP) is 2.19. The molecular formula is C13H14F3N3O2. The fourth-order valence-electron chi connectivity index (χ4n) is 1.94. The number of nitrogens with zero attached hydrogens (tertiary/aromatic N) is 3. The van der Waals surface area contributed by atoms with Crippen LogP contribution in [0.2, 0.25) is 0 Å². The van der Waals surface area contributed by atoms with Gasteiger partial charge in [-0.05, 0) is 18.1 Å². The van der Waals surface area contributed by atoms with Crippen LogP contribution in [0.5, 0.6) is 0 Å². The van der Waals surface area contributed by atoms with E-state index in [1.165, 1.54) is 24.5 Å². The molecule has 0 aliphatic carbocycles. The van der Waals surface area contributed by atoms with Crippen molar-refractivity contribution in [1.82, 2.24) is 9.99 Å². The van der Waals surface area contributed by atoms with Gasteiger partial charge in [-0.2, -0.15) is 23.3 Å². The molecule has 114 valence electrons. The van der Waals surface area contributed by atoms with Crippen LogP contribution in [0.1, 0.15) is 30.6 Å². The van der Waals surface area contributed by atoms with Crippen molar-refractivity contribution in [2.45, 2.75) is 32.2 Å². The lowest BCUT2D eigenvalue weighted by Gasteiger charge is -2.32. The quantitative estimate of drug-likeness (QED) is 0.910. The van der Waals surface area contributed by atoms with Gasteiger partial charge in [0.2, 0.25) is 0 Å². The summed E-state index contributed by atoms with van der Waals surface area (Å²) >= 11 is 0. The Morgan fingerprint density at radius 3 is 2.43 bits per heavy atom. The number of hydrogen-bond acceptors (Lipinski definition) is 4. The Balaban J connectivity index is 2.44. The van der Waals surface area contributed by atoms with Crippen LogP contribution in [0.15, 0.2) is 29.6 Å². The summed E-state index contributed by atoms with van der Waals surface area (Å²) < 4.78 is 39.5. The van der Waals surface area contributed by atoms with Gasteiger partial charge in [0.1, 0.15) is 0 Å². The van der Waals surface area contributed by atoms with E-state index in [-0.39, 0.29) is 22.2 Å². The zero-order chi connectivity index (χ0) is 15.8. The minimum Gasteiger partial charge on any atom is -0.362 e. The van der Waals surface area contributed by atoms with Gasteiger partial charge in [0, 0.05) is 30.1 Å². The van der Waals surface area contributed by atoms with Crippen molar-refractivity contribution in [1.29, 1.82) is 0 Å². The van der Waals surface area contributed by atoms with E-state index in [4.69, 9.17) is 0 Å². The number of pyridine rings is 1. The lowest BCUT2D eigenvalue weighted by atomic mass is 9.99. The second-order valence-corrected chi connectivity index (χ2v) is 5.09. The van der Waals surface area contributed by atoms with Crippen LogP contribution in [0.4, 0.5) is 13.2 Å². The molecule has 0 saturated heterocycles. The van der Waals surface area contributed by atoms with Crippen molar-refractivity contribution < 1.29 is 23.1 Å². The lowest BCUT2D eigenvalue weighted by Crippen LogP contribution is -2.56. The Labute approximate surface area is 119 Å². The topological polar surface area (TPSA) is 65.8 Å². The third-order valence-electron chi connectivity index (χ3n) is 3.25. The fraction of sp³-hybridized carbons (Fsp3) is 0.462. The molecule has 0 bridgehead atoms. The summed E-state index contributed by atoms with van der Waals surface area (Å²) in [6.07, 6.45) is -3.19. The number of rotatable bonds is 2. The highest BCUT2D eigenvalue weighted by Gasteiger charge is 2.63. The standard InChI is InChI=1S/C13H14F3N3O2/c1-8(2)10-7-12(21,13(14,15)16)19(18-10)11(20)9-3-5-17-6-4-9/h3-6,8,21H,7H2,1-2H3/t12-/m0/s1. The SMILES string of the molecule is CC(C)C1=NN(C(=O)c2ccncc2)[C@@](O)(C(F)(F)F)C1. The summed E-state index contributed by atoms with van der Waals surface area (Å²) in [6.45, 7) is 3.30. The molecule has 1 aromatic rings. The summed E-state index contributed by atoms with van der Waals surface area (Å²) in [5, 5.41) is 13.8. The Kier molecular flexibility index (Phi) is 3.75. The molecule has 0 saturated carbocycles. The molecule has 0 aromatic carbocycles. The number of hydrazone groups is 1. The zero-order valence-electron chi connectivity index (χ0n) is 11.4. The molecule has 1 amide bonds. The monoisotopic (exact) mass is 301 g/mol. The van der Waals surface area contributed by atoms with E-state index in [1.807, 2.05) is 0 Å². The Morgan fingerprint density at radius 1 is 1.38 bits per heavy atom. The zero-order valence-corrected chi connectivity index (χ0v) is 11.4. The van der Waals surface area contributed by atoms with Crippen molar-refractivity contribution in [3.8, 4) is 0 Å². The molecule has 0 unspecified atom stereocenters. The van der Waals surface area contributed by atoms with Crippen LogP contribution >= 0.6 is 0 Å². The molecular weight excluding hydrogens is 287 g/mol. The Hall–Kier alpha value is -1.96. The molecule has 21 heavy (non-hydrogen) atoms. The maximum absolute atomic E-state index is 13.2. The number of halogens is 3. The molecule has 1 aliphatic heterocycles. The number of aliphatic hydroxyl groups is 1. The van der Waals surface area contributed by atoms with Gasteiger partial charge in [-0.25, -0.2) is 0 Å². The van der Waals surface area contributed by atoms with E-state index in [0.29, 0.717) is 0 Å². The first-order valence-electron chi connectivity index (χ1n) is 6.28. The summed E-state index contributed by atoms with van der Waals surface area (Å²) in [5.41, 5.74) is -3.22. The number of aromatic nitrogens is 1. The van der Waals surface area contributed by atoms with E-state index in [0.717, 1.165) is 0 Å².